The summed E-state index contributed by atoms with van der Waals surface area (Å²) in [6, 6.07) is 19.4. The Balaban J connectivity index is 2.07. The molecule has 1 aromatic heterocycles. The van der Waals surface area contributed by atoms with E-state index in [0.29, 0.717) is 12.2 Å². The van der Waals surface area contributed by atoms with Crippen molar-refractivity contribution < 1.29 is 0 Å². The summed E-state index contributed by atoms with van der Waals surface area (Å²) >= 11 is 0. The van der Waals surface area contributed by atoms with Gasteiger partial charge in [-0.05, 0) is 17.7 Å². The number of H-pyrrole nitrogens is 2. The van der Waals surface area contributed by atoms with Crippen LogP contribution in [0, 0.1) is 0 Å². The van der Waals surface area contributed by atoms with Gasteiger partial charge in [-0.2, -0.15) is 0 Å². The highest BCUT2D eigenvalue weighted by Gasteiger charge is 2.13. The summed E-state index contributed by atoms with van der Waals surface area (Å²) in [6.45, 7) is 0.528. The van der Waals surface area contributed by atoms with Gasteiger partial charge >= 0.3 is 5.69 Å². The van der Waals surface area contributed by atoms with Gasteiger partial charge in [0.15, 0.2) is 0 Å². The largest absolute Gasteiger partial charge is 0.331 e. The molecule has 110 valence electrons. The van der Waals surface area contributed by atoms with Gasteiger partial charge in [-0.3, -0.25) is 9.78 Å². The summed E-state index contributed by atoms with van der Waals surface area (Å²) in [6.07, 6.45) is 1.44. The average molecular weight is 293 g/mol. The van der Waals surface area contributed by atoms with E-state index in [1.54, 1.807) is 0 Å². The number of hydrogen-bond acceptors (Lipinski definition) is 3. The first-order valence-corrected chi connectivity index (χ1v) is 6.92. The van der Waals surface area contributed by atoms with Crippen LogP contribution >= 0.6 is 0 Å². The molecule has 0 saturated heterocycles. The number of nitrogens with one attached hydrogen (secondary N) is 2. The van der Waals surface area contributed by atoms with Crippen LogP contribution in [0.15, 0.2) is 76.4 Å². The molecule has 0 atom stereocenters. The lowest BCUT2D eigenvalue weighted by molar-refractivity contribution is 0.929. The van der Waals surface area contributed by atoms with Gasteiger partial charge in [0.1, 0.15) is 5.69 Å². The topological polar surface area (TPSA) is 69.0 Å². The zero-order valence-electron chi connectivity index (χ0n) is 11.8. The number of nitrogens with zero attached hydrogens (tertiary/aromatic N) is 1. The fraction of sp³-hybridized carbons (Fsp3) is 0.0588. The van der Waals surface area contributed by atoms with Crippen molar-refractivity contribution >= 4 is 11.4 Å². The Bertz CT molecular complexity index is 854. The van der Waals surface area contributed by atoms with Crippen LogP contribution in [0.1, 0.15) is 5.56 Å². The van der Waals surface area contributed by atoms with E-state index in [1.807, 2.05) is 65.6 Å². The lowest BCUT2D eigenvalue weighted by atomic mass is 10.2. The smallest absolute Gasteiger partial charge is 0.325 e. The van der Waals surface area contributed by atoms with Crippen molar-refractivity contribution in [3.63, 3.8) is 0 Å². The maximum absolute atomic E-state index is 12.1. The zero-order valence-corrected chi connectivity index (χ0v) is 11.8. The maximum atomic E-state index is 12.1. The second-order valence-corrected chi connectivity index (χ2v) is 4.86. The van der Waals surface area contributed by atoms with Crippen molar-refractivity contribution in [3.05, 3.63) is 93.3 Å². The Morgan fingerprint density at radius 2 is 1.50 bits per heavy atom. The standard InChI is InChI=1S/C17H15N3O2/c21-16-15(11-18-17(22)19-16)20(14-9-5-2-6-10-14)12-13-7-3-1-4-8-13/h1-11H,12H2,(H2,18,19,21,22). The SMILES string of the molecule is O=c1[nH]cc(N(Cc2ccccc2)c2ccccc2)c(=O)[nH]1. The summed E-state index contributed by atoms with van der Waals surface area (Å²) in [5.74, 6) is 0. The summed E-state index contributed by atoms with van der Waals surface area (Å²) in [5, 5.41) is 0. The van der Waals surface area contributed by atoms with Crippen molar-refractivity contribution in [2.45, 2.75) is 6.54 Å². The average Bonchev–Trinajstić information content (AvgIpc) is 2.55. The number of aromatic amines is 2. The molecule has 0 aliphatic heterocycles. The molecular weight excluding hydrogens is 278 g/mol. The quantitative estimate of drug-likeness (QED) is 0.776. The van der Waals surface area contributed by atoms with Gasteiger partial charge in [-0.25, -0.2) is 4.79 Å². The molecule has 3 aromatic rings. The minimum Gasteiger partial charge on any atom is -0.331 e. The van der Waals surface area contributed by atoms with Crippen LogP contribution in [-0.2, 0) is 6.54 Å². The highest BCUT2D eigenvalue weighted by molar-refractivity contribution is 5.61. The van der Waals surface area contributed by atoms with Crippen LogP contribution in [0.4, 0.5) is 11.4 Å². The van der Waals surface area contributed by atoms with Crippen molar-refractivity contribution in [3.8, 4) is 0 Å². The van der Waals surface area contributed by atoms with Gasteiger partial charge in [0, 0.05) is 18.4 Å². The molecule has 0 unspecified atom stereocenters. The zero-order chi connectivity index (χ0) is 15.4. The summed E-state index contributed by atoms with van der Waals surface area (Å²) < 4.78 is 0. The molecular formula is C17H15N3O2. The fourth-order valence-corrected chi connectivity index (χ4v) is 2.29. The molecule has 1 heterocycles. The van der Waals surface area contributed by atoms with Crippen LogP contribution in [0.5, 0.6) is 0 Å². The molecule has 0 fully saturated rings. The first kappa shape index (κ1) is 13.9. The van der Waals surface area contributed by atoms with Gasteiger partial charge in [0.2, 0.25) is 0 Å². The second kappa shape index (κ2) is 6.13. The maximum Gasteiger partial charge on any atom is 0.325 e. The summed E-state index contributed by atoms with van der Waals surface area (Å²) in [7, 11) is 0. The molecule has 0 bridgehead atoms. The second-order valence-electron chi connectivity index (χ2n) is 4.86. The van der Waals surface area contributed by atoms with Gasteiger partial charge < -0.3 is 9.88 Å². The number of rotatable bonds is 4. The first-order chi connectivity index (χ1) is 10.7. The number of anilines is 2. The molecule has 22 heavy (non-hydrogen) atoms. The van der Waals surface area contributed by atoms with E-state index in [4.69, 9.17) is 0 Å². The molecule has 0 aliphatic rings. The van der Waals surface area contributed by atoms with Crippen LogP contribution in [0.3, 0.4) is 0 Å². The van der Waals surface area contributed by atoms with E-state index in [2.05, 4.69) is 9.97 Å². The minimum atomic E-state index is -0.513. The van der Waals surface area contributed by atoms with Crippen LogP contribution in [0.2, 0.25) is 0 Å². The van der Waals surface area contributed by atoms with Crippen molar-refractivity contribution in [2.75, 3.05) is 4.90 Å². The Labute approximate surface area is 126 Å². The third-order valence-corrected chi connectivity index (χ3v) is 3.34. The van der Waals surface area contributed by atoms with Crippen molar-refractivity contribution in [2.24, 2.45) is 0 Å². The molecule has 0 aliphatic carbocycles. The van der Waals surface area contributed by atoms with Gasteiger partial charge in [-0.15, -0.1) is 0 Å². The monoisotopic (exact) mass is 293 g/mol. The fourth-order valence-electron chi connectivity index (χ4n) is 2.29. The van der Waals surface area contributed by atoms with Gasteiger partial charge in [0.25, 0.3) is 5.56 Å². The van der Waals surface area contributed by atoms with Gasteiger partial charge in [-0.1, -0.05) is 48.5 Å². The Morgan fingerprint density at radius 1 is 0.864 bits per heavy atom. The van der Waals surface area contributed by atoms with Crippen LogP contribution in [-0.4, -0.2) is 9.97 Å². The molecule has 3 rings (SSSR count). The van der Waals surface area contributed by atoms with E-state index < -0.39 is 11.2 Å². The number of aromatic nitrogens is 2. The Hall–Kier alpha value is -3.08. The third-order valence-electron chi connectivity index (χ3n) is 3.34. The van der Waals surface area contributed by atoms with E-state index >= 15 is 0 Å². The lowest BCUT2D eigenvalue weighted by Gasteiger charge is -2.23. The normalized spacial score (nSPS) is 10.4. The Kier molecular flexibility index (Phi) is 3.87. The van der Waals surface area contributed by atoms with E-state index in [9.17, 15) is 9.59 Å². The molecule has 0 radical (unpaired) electrons. The van der Waals surface area contributed by atoms with Gasteiger partial charge in [0.05, 0.1) is 0 Å². The Morgan fingerprint density at radius 3 is 2.14 bits per heavy atom. The first-order valence-electron chi connectivity index (χ1n) is 6.92. The van der Waals surface area contributed by atoms with E-state index in [-0.39, 0.29) is 0 Å². The molecule has 5 heteroatoms. The molecule has 0 spiro atoms. The van der Waals surface area contributed by atoms with Crippen LogP contribution < -0.4 is 16.1 Å². The summed E-state index contributed by atoms with van der Waals surface area (Å²) in [4.78, 5) is 30.0. The molecule has 0 saturated carbocycles. The van der Waals surface area contributed by atoms with Crippen molar-refractivity contribution in [1.29, 1.82) is 0 Å². The number of para-hydroxylation sites is 1. The van der Waals surface area contributed by atoms with Crippen LogP contribution in [0.25, 0.3) is 0 Å². The highest BCUT2D eigenvalue weighted by atomic mass is 16.2. The molecule has 2 aromatic carbocycles. The highest BCUT2D eigenvalue weighted by Crippen LogP contribution is 2.23. The third kappa shape index (κ3) is 2.98. The molecule has 5 nitrogen and oxygen atoms in total. The number of benzene rings is 2. The predicted octanol–water partition coefficient (Wildman–Crippen LogP) is 2.40. The number of hydrogen-bond donors (Lipinski definition) is 2. The lowest BCUT2D eigenvalue weighted by Crippen LogP contribution is -2.29. The minimum absolute atomic E-state index is 0.398. The molecule has 0 amide bonds. The van der Waals surface area contributed by atoms with E-state index in [0.717, 1.165) is 11.3 Å². The van der Waals surface area contributed by atoms with E-state index in [1.165, 1.54) is 6.20 Å². The van der Waals surface area contributed by atoms with Crippen molar-refractivity contribution in [1.82, 2.24) is 9.97 Å². The summed E-state index contributed by atoms with van der Waals surface area (Å²) in [5.41, 5.74) is 1.42. The predicted molar refractivity (Wildman–Crippen MR) is 86.4 cm³/mol. The molecule has 2 N–H and O–H groups in total.